The van der Waals surface area contributed by atoms with E-state index in [0.29, 0.717) is 31.1 Å². The summed E-state index contributed by atoms with van der Waals surface area (Å²) in [5.41, 5.74) is 0.551. The van der Waals surface area contributed by atoms with Gasteiger partial charge < -0.3 is 18.8 Å². The molecule has 0 unspecified atom stereocenters. The van der Waals surface area contributed by atoms with Gasteiger partial charge in [0.1, 0.15) is 5.76 Å². The van der Waals surface area contributed by atoms with E-state index in [0.717, 1.165) is 32.4 Å². The summed E-state index contributed by atoms with van der Waals surface area (Å²) in [5.74, 6) is 0.720. The number of aryl methyl sites for hydroxylation is 1. The van der Waals surface area contributed by atoms with Gasteiger partial charge >= 0.3 is 0 Å². The van der Waals surface area contributed by atoms with Crippen LogP contribution in [0.15, 0.2) is 29.4 Å². The summed E-state index contributed by atoms with van der Waals surface area (Å²) < 4.78 is 17.0. The number of ether oxygens (including phenoxy) is 2. The average Bonchev–Trinajstić information content (AvgIpc) is 3.00. The lowest BCUT2D eigenvalue weighted by atomic mass is 9.73. The number of carbonyl (C=O) groups is 1. The van der Waals surface area contributed by atoms with E-state index in [1.807, 2.05) is 11.8 Å². The van der Waals surface area contributed by atoms with Crippen LogP contribution in [0.25, 0.3) is 0 Å². The third-order valence-corrected chi connectivity index (χ3v) is 4.99. The molecule has 3 rings (SSSR count). The number of hydrogen-bond donors (Lipinski definition) is 0. The fourth-order valence-electron chi connectivity index (χ4n) is 3.80. The van der Waals surface area contributed by atoms with Crippen LogP contribution >= 0.6 is 0 Å². The van der Waals surface area contributed by atoms with Gasteiger partial charge in [0.15, 0.2) is 0 Å². The van der Waals surface area contributed by atoms with Gasteiger partial charge in [-0.2, -0.15) is 0 Å². The Balaban J connectivity index is 1.76. The van der Waals surface area contributed by atoms with Gasteiger partial charge in [-0.3, -0.25) is 4.79 Å². The Kier molecular flexibility index (Phi) is 4.87. The number of furan rings is 1. The van der Waals surface area contributed by atoms with E-state index >= 15 is 0 Å². The summed E-state index contributed by atoms with van der Waals surface area (Å²) in [6.07, 6.45) is 6.41. The number of rotatable bonds is 5. The van der Waals surface area contributed by atoms with E-state index in [2.05, 4.69) is 6.58 Å². The van der Waals surface area contributed by atoms with Crippen molar-refractivity contribution in [2.45, 2.75) is 32.3 Å². The fourth-order valence-corrected chi connectivity index (χ4v) is 3.80. The highest BCUT2D eigenvalue weighted by molar-refractivity contribution is 5.95. The van der Waals surface area contributed by atoms with Crippen LogP contribution in [0.1, 0.15) is 35.4 Å². The van der Waals surface area contributed by atoms with Crippen molar-refractivity contribution >= 4 is 5.91 Å². The van der Waals surface area contributed by atoms with Crippen LogP contribution in [-0.4, -0.2) is 49.8 Å². The van der Waals surface area contributed by atoms with Gasteiger partial charge in [0.05, 0.1) is 31.1 Å². The molecular formula is C18H25NO4. The van der Waals surface area contributed by atoms with Gasteiger partial charge in [-0.05, 0) is 32.3 Å². The Morgan fingerprint density at radius 1 is 1.61 bits per heavy atom. The van der Waals surface area contributed by atoms with Crippen molar-refractivity contribution < 1.29 is 18.7 Å². The first kappa shape index (κ1) is 16.3. The Hall–Kier alpha value is -1.59. The van der Waals surface area contributed by atoms with E-state index in [4.69, 9.17) is 13.9 Å². The lowest BCUT2D eigenvalue weighted by molar-refractivity contribution is -0.144. The van der Waals surface area contributed by atoms with Gasteiger partial charge in [-0.25, -0.2) is 0 Å². The number of hydrogen-bond acceptors (Lipinski definition) is 4. The number of likely N-dealkylation sites (tertiary alicyclic amines) is 1. The van der Waals surface area contributed by atoms with Gasteiger partial charge in [0.25, 0.3) is 5.91 Å². The lowest BCUT2D eigenvalue weighted by Gasteiger charge is -2.50. The summed E-state index contributed by atoms with van der Waals surface area (Å²) in [6.45, 7) is 8.87. The molecule has 5 heteroatoms. The molecule has 2 atom stereocenters. The van der Waals surface area contributed by atoms with E-state index < -0.39 is 0 Å². The second kappa shape index (κ2) is 6.89. The van der Waals surface area contributed by atoms with E-state index in [1.165, 1.54) is 0 Å². The molecule has 2 aliphatic rings. The van der Waals surface area contributed by atoms with Crippen molar-refractivity contribution in [1.82, 2.24) is 4.90 Å². The molecule has 2 aliphatic heterocycles. The maximum absolute atomic E-state index is 12.8. The van der Waals surface area contributed by atoms with Crippen molar-refractivity contribution in [3.63, 3.8) is 0 Å². The number of amides is 1. The molecule has 1 aromatic rings. The molecule has 2 fully saturated rings. The first-order valence-electron chi connectivity index (χ1n) is 8.30. The van der Waals surface area contributed by atoms with Gasteiger partial charge in [0.2, 0.25) is 0 Å². The first-order valence-corrected chi connectivity index (χ1v) is 8.30. The third kappa shape index (κ3) is 3.21. The molecule has 2 saturated heterocycles. The maximum Gasteiger partial charge on any atom is 0.257 e. The summed E-state index contributed by atoms with van der Waals surface area (Å²) in [6, 6.07) is 1.75. The van der Waals surface area contributed by atoms with Crippen molar-refractivity contribution in [2.24, 2.45) is 5.41 Å². The average molecular weight is 319 g/mol. The smallest absolute Gasteiger partial charge is 0.257 e. The predicted molar refractivity (Wildman–Crippen MR) is 86.4 cm³/mol. The topological polar surface area (TPSA) is 51.9 Å². The maximum atomic E-state index is 12.8. The fraction of sp³-hybridized carbons (Fsp3) is 0.611. The van der Waals surface area contributed by atoms with Crippen molar-refractivity contribution in [1.29, 1.82) is 0 Å². The van der Waals surface area contributed by atoms with Crippen LogP contribution in [0.4, 0.5) is 0 Å². The molecule has 23 heavy (non-hydrogen) atoms. The lowest BCUT2D eigenvalue weighted by Crippen LogP contribution is -2.58. The van der Waals surface area contributed by atoms with E-state index in [1.54, 1.807) is 18.4 Å². The Labute approximate surface area is 137 Å². The molecule has 1 aromatic heterocycles. The molecular weight excluding hydrogens is 294 g/mol. The minimum Gasteiger partial charge on any atom is -0.469 e. The van der Waals surface area contributed by atoms with E-state index in [9.17, 15) is 4.79 Å². The van der Waals surface area contributed by atoms with Gasteiger partial charge in [0, 0.05) is 25.1 Å². The predicted octanol–water partition coefficient (Wildman–Crippen LogP) is 2.80. The zero-order chi connectivity index (χ0) is 16.3. The summed E-state index contributed by atoms with van der Waals surface area (Å²) in [4.78, 5) is 14.7. The van der Waals surface area contributed by atoms with Gasteiger partial charge in [-0.1, -0.05) is 6.08 Å². The SMILES string of the molecule is C=CCOC[C@@]12CCCO[C@@H]1CCN(C(=O)c1ccoc1C)C2. The number of carbonyl (C=O) groups excluding carboxylic acids is 1. The standard InChI is InChI=1S/C18H25NO4/c1-3-9-21-13-18-7-4-10-23-16(18)5-8-19(12-18)17(20)15-6-11-22-14(15)2/h3,6,11,16H,1,4-5,7-10,12-13H2,2H3/t16-,18+/m1/s1. The zero-order valence-electron chi connectivity index (χ0n) is 13.8. The molecule has 0 aromatic carbocycles. The summed E-state index contributed by atoms with van der Waals surface area (Å²) in [5, 5.41) is 0. The first-order chi connectivity index (χ1) is 11.2. The molecule has 0 bridgehead atoms. The van der Waals surface area contributed by atoms with Crippen molar-refractivity contribution in [3.05, 3.63) is 36.3 Å². The summed E-state index contributed by atoms with van der Waals surface area (Å²) >= 11 is 0. The Bertz CT molecular complexity index is 567. The Morgan fingerprint density at radius 3 is 3.22 bits per heavy atom. The second-order valence-electron chi connectivity index (χ2n) is 6.54. The number of fused-ring (bicyclic) bond motifs is 1. The number of nitrogens with zero attached hydrogens (tertiary/aromatic N) is 1. The van der Waals surface area contributed by atoms with Crippen molar-refractivity contribution in [3.8, 4) is 0 Å². The molecule has 5 nitrogen and oxygen atoms in total. The molecule has 0 saturated carbocycles. The molecule has 0 N–H and O–H groups in total. The molecule has 126 valence electrons. The molecule has 0 spiro atoms. The van der Waals surface area contributed by atoms with Crippen LogP contribution in [-0.2, 0) is 9.47 Å². The van der Waals surface area contributed by atoms with Crippen molar-refractivity contribution in [2.75, 3.05) is 32.9 Å². The minimum atomic E-state index is -0.104. The Morgan fingerprint density at radius 2 is 2.48 bits per heavy atom. The molecule has 1 amide bonds. The molecule has 0 radical (unpaired) electrons. The normalized spacial score (nSPS) is 27.5. The second-order valence-corrected chi connectivity index (χ2v) is 6.54. The van der Waals surface area contributed by atoms with Crippen LogP contribution in [0.5, 0.6) is 0 Å². The number of piperidine rings is 1. The zero-order valence-corrected chi connectivity index (χ0v) is 13.8. The molecule has 0 aliphatic carbocycles. The quantitative estimate of drug-likeness (QED) is 0.618. The van der Waals surface area contributed by atoms with Gasteiger partial charge in [-0.15, -0.1) is 6.58 Å². The minimum absolute atomic E-state index is 0.0448. The largest absolute Gasteiger partial charge is 0.469 e. The highest BCUT2D eigenvalue weighted by Crippen LogP contribution is 2.41. The third-order valence-electron chi connectivity index (χ3n) is 4.99. The highest BCUT2D eigenvalue weighted by atomic mass is 16.5. The monoisotopic (exact) mass is 319 g/mol. The van der Waals surface area contributed by atoms with Crippen LogP contribution < -0.4 is 0 Å². The van der Waals surface area contributed by atoms with Crippen LogP contribution in [0.2, 0.25) is 0 Å². The van der Waals surface area contributed by atoms with Crippen LogP contribution in [0, 0.1) is 12.3 Å². The van der Waals surface area contributed by atoms with E-state index in [-0.39, 0.29) is 17.4 Å². The highest BCUT2D eigenvalue weighted by Gasteiger charge is 2.47. The molecule has 3 heterocycles. The van der Waals surface area contributed by atoms with Crippen LogP contribution in [0.3, 0.4) is 0 Å². The summed E-state index contributed by atoms with van der Waals surface area (Å²) in [7, 11) is 0.